The van der Waals surface area contributed by atoms with Crippen LogP contribution in [0, 0.1) is 0 Å². The average Bonchev–Trinajstić information content (AvgIpc) is 2.97. The zero-order valence-corrected chi connectivity index (χ0v) is 12.7. The molecule has 0 bridgehead atoms. The van der Waals surface area contributed by atoms with Crippen molar-refractivity contribution in [1.82, 2.24) is 24.4 Å². The Bertz CT molecular complexity index is 746. The molecule has 0 unspecified atom stereocenters. The van der Waals surface area contributed by atoms with Crippen molar-refractivity contribution < 1.29 is 0 Å². The number of hydrogen-bond donors (Lipinski definition) is 0. The maximum atomic E-state index is 6.24. The van der Waals surface area contributed by atoms with E-state index in [-0.39, 0.29) is 0 Å². The number of imidazole rings is 1. The maximum Gasteiger partial charge on any atom is 0.158 e. The van der Waals surface area contributed by atoms with Gasteiger partial charge in [0.1, 0.15) is 4.60 Å². The largest absolute Gasteiger partial charge is 0.270 e. The summed E-state index contributed by atoms with van der Waals surface area (Å²) >= 11 is 9.61. The van der Waals surface area contributed by atoms with Crippen molar-refractivity contribution in [2.24, 2.45) is 0 Å². The zero-order chi connectivity index (χ0) is 13.6. The number of fused-ring (bicyclic) bond motifs is 1. The lowest BCUT2D eigenvalue weighted by atomic mass is 10.2. The van der Waals surface area contributed by atoms with Crippen molar-refractivity contribution in [3.8, 4) is 11.1 Å². The molecule has 0 spiro atoms. The van der Waals surface area contributed by atoms with E-state index in [1.807, 2.05) is 16.9 Å². The molecule has 0 aliphatic carbocycles. The van der Waals surface area contributed by atoms with Crippen molar-refractivity contribution in [3.05, 3.63) is 34.4 Å². The van der Waals surface area contributed by atoms with Gasteiger partial charge in [0.15, 0.2) is 10.8 Å². The third-order valence-corrected chi connectivity index (χ3v) is 3.67. The lowest BCUT2D eigenvalue weighted by Gasteiger charge is -2.04. The van der Waals surface area contributed by atoms with Crippen LogP contribution < -0.4 is 0 Å². The number of aromatic nitrogens is 5. The summed E-state index contributed by atoms with van der Waals surface area (Å²) in [6.07, 6.45) is 5.44. The molecule has 98 valence electrons. The molecule has 0 fully saturated rings. The molecule has 3 rings (SSSR count). The van der Waals surface area contributed by atoms with E-state index in [4.69, 9.17) is 11.6 Å². The molecule has 3 aromatic heterocycles. The first kappa shape index (κ1) is 12.6. The minimum absolute atomic E-state index is 0.310. The Morgan fingerprint density at radius 2 is 2.11 bits per heavy atom. The lowest BCUT2D eigenvalue weighted by Crippen LogP contribution is -1.99. The van der Waals surface area contributed by atoms with Gasteiger partial charge in [-0.15, -0.1) is 0 Å². The second kappa shape index (κ2) is 4.61. The smallest absolute Gasteiger partial charge is 0.158 e. The second-order valence-electron chi connectivity index (χ2n) is 4.50. The SMILES string of the molecule is CC(C)n1cc(-c2cc3ncc(Br)n3nc2Cl)cn1. The van der Waals surface area contributed by atoms with E-state index in [0.29, 0.717) is 11.2 Å². The topological polar surface area (TPSA) is 48.0 Å². The van der Waals surface area contributed by atoms with E-state index in [2.05, 4.69) is 45.0 Å². The Labute approximate surface area is 123 Å². The van der Waals surface area contributed by atoms with E-state index in [9.17, 15) is 0 Å². The Morgan fingerprint density at radius 3 is 2.79 bits per heavy atom. The molecular weight excluding hydrogens is 330 g/mol. The molecule has 5 nitrogen and oxygen atoms in total. The summed E-state index contributed by atoms with van der Waals surface area (Å²) in [6.45, 7) is 4.15. The molecule has 0 atom stereocenters. The summed E-state index contributed by atoms with van der Waals surface area (Å²) < 4.78 is 4.31. The molecule has 0 saturated carbocycles. The highest BCUT2D eigenvalue weighted by molar-refractivity contribution is 9.10. The summed E-state index contributed by atoms with van der Waals surface area (Å²) in [5.41, 5.74) is 2.51. The van der Waals surface area contributed by atoms with Gasteiger partial charge >= 0.3 is 0 Å². The molecule has 0 amide bonds. The fourth-order valence-electron chi connectivity index (χ4n) is 1.83. The van der Waals surface area contributed by atoms with Crippen LogP contribution >= 0.6 is 27.5 Å². The van der Waals surface area contributed by atoms with Gasteiger partial charge in [0, 0.05) is 23.4 Å². The quantitative estimate of drug-likeness (QED) is 0.716. The van der Waals surface area contributed by atoms with E-state index in [0.717, 1.165) is 21.4 Å². The van der Waals surface area contributed by atoms with Crippen LogP contribution in [0.15, 0.2) is 29.3 Å². The van der Waals surface area contributed by atoms with Gasteiger partial charge in [-0.3, -0.25) is 4.68 Å². The second-order valence-corrected chi connectivity index (χ2v) is 5.67. The number of rotatable bonds is 2. The van der Waals surface area contributed by atoms with Crippen LogP contribution in [0.4, 0.5) is 0 Å². The van der Waals surface area contributed by atoms with Gasteiger partial charge < -0.3 is 0 Å². The Morgan fingerprint density at radius 1 is 1.32 bits per heavy atom. The zero-order valence-electron chi connectivity index (χ0n) is 10.4. The van der Waals surface area contributed by atoms with Crippen LogP contribution in [0.3, 0.4) is 0 Å². The van der Waals surface area contributed by atoms with Crippen LogP contribution in [0.1, 0.15) is 19.9 Å². The van der Waals surface area contributed by atoms with Crippen LogP contribution in [0.5, 0.6) is 0 Å². The number of nitrogens with zero attached hydrogens (tertiary/aromatic N) is 5. The number of halogens is 2. The monoisotopic (exact) mass is 339 g/mol. The molecule has 0 N–H and O–H groups in total. The fourth-order valence-corrected chi connectivity index (χ4v) is 2.43. The van der Waals surface area contributed by atoms with Gasteiger partial charge in [0.05, 0.1) is 12.4 Å². The fraction of sp³-hybridized carbons (Fsp3) is 0.250. The highest BCUT2D eigenvalue weighted by Gasteiger charge is 2.12. The molecule has 0 aliphatic rings. The molecule has 7 heteroatoms. The lowest BCUT2D eigenvalue weighted by molar-refractivity contribution is 0.532. The van der Waals surface area contributed by atoms with Crippen molar-refractivity contribution in [2.75, 3.05) is 0 Å². The molecule has 3 aromatic rings. The number of hydrogen-bond acceptors (Lipinski definition) is 3. The third-order valence-electron chi connectivity index (χ3n) is 2.85. The molecule has 3 heterocycles. The summed E-state index contributed by atoms with van der Waals surface area (Å²) in [4.78, 5) is 4.26. The standard InChI is InChI=1S/C12H11BrClN5/c1-7(2)18-6-8(4-16-18)9-3-11-15-5-10(13)19(11)17-12(9)14/h3-7H,1-2H3. The minimum atomic E-state index is 0.310. The normalized spacial score (nSPS) is 11.6. The van der Waals surface area contributed by atoms with Gasteiger partial charge in [-0.1, -0.05) is 11.6 Å². The van der Waals surface area contributed by atoms with E-state index in [1.54, 1.807) is 16.9 Å². The van der Waals surface area contributed by atoms with Gasteiger partial charge in [0.25, 0.3) is 0 Å². The third kappa shape index (κ3) is 2.15. The predicted molar refractivity (Wildman–Crippen MR) is 77.3 cm³/mol. The van der Waals surface area contributed by atoms with Gasteiger partial charge in [-0.2, -0.15) is 10.2 Å². The van der Waals surface area contributed by atoms with Gasteiger partial charge in [-0.05, 0) is 35.8 Å². The van der Waals surface area contributed by atoms with E-state index < -0.39 is 0 Å². The van der Waals surface area contributed by atoms with Crippen LogP contribution in [0.2, 0.25) is 5.15 Å². The predicted octanol–water partition coefficient (Wildman–Crippen LogP) is 3.59. The Hall–Kier alpha value is -1.40. The van der Waals surface area contributed by atoms with Gasteiger partial charge in [-0.25, -0.2) is 9.50 Å². The molecule has 19 heavy (non-hydrogen) atoms. The first-order valence-electron chi connectivity index (χ1n) is 5.80. The molecular formula is C12H11BrClN5. The first-order chi connectivity index (χ1) is 9.06. The summed E-state index contributed by atoms with van der Waals surface area (Å²) in [6, 6.07) is 2.21. The highest BCUT2D eigenvalue weighted by atomic mass is 79.9. The van der Waals surface area contributed by atoms with Crippen LogP contribution in [-0.2, 0) is 0 Å². The summed E-state index contributed by atoms with van der Waals surface area (Å²) in [5.74, 6) is 0. The summed E-state index contributed by atoms with van der Waals surface area (Å²) in [5, 5.41) is 9.04. The van der Waals surface area contributed by atoms with Crippen molar-refractivity contribution >= 4 is 33.2 Å². The molecule has 0 aromatic carbocycles. The van der Waals surface area contributed by atoms with E-state index in [1.165, 1.54) is 0 Å². The molecule has 0 aliphatic heterocycles. The maximum absolute atomic E-state index is 6.24. The van der Waals surface area contributed by atoms with E-state index >= 15 is 0 Å². The van der Waals surface area contributed by atoms with Crippen LogP contribution in [-0.4, -0.2) is 24.4 Å². The van der Waals surface area contributed by atoms with Gasteiger partial charge in [0.2, 0.25) is 0 Å². The Balaban J connectivity index is 2.15. The highest BCUT2D eigenvalue weighted by Crippen LogP contribution is 2.28. The summed E-state index contributed by atoms with van der Waals surface area (Å²) in [7, 11) is 0. The first-order valence-corrected chi connectivity index (χ1v) is 6.97. The van der Waals surface area contributed by atoms with Crippen molar-refractivity contribution in [3.63, 3.8) is 0 Å². The van der Waals surface area contributed by atoms with Crippen molar-refractivity contribution in [2.45, 2.75) is 19.9 Å². The Kier molecular flexibility index (Phi) is 3.06. The van der Waals surface area contributed by atoms with Crippen LogP contribution in [0.25, 0.3) is 16.8 Å². The minimum Gasteiger partial charge on any atom is -0.270 e. The van der Waals surface area contributed by atoms with Crippen molar-refractivity contribution in [1.29, 1.82) is 0 Å². The molecule has 0 saturated heterocycles. The molecule has 0 radical (unpaired) electrons. The average molecular weight is 341 g/mol.